The normalized spacial score (nSPS) is 15.1. The van der Waals surface area contributed by atoms with Gasteiger partial charge in [-0.2, -0.15) is 0 Å². The van der Waals surface area contributed by atoms with Gasteiger partial charge in [0.2, 0.25) is 0 Å². The first-order valence-electron chi connectivity index (χ1n) is 5.60. The molecule has 16 heavy (non-hydrogen) atoms. The molecule has 0 aliphatic rings. The monoisotopic (exact) mass is 285 g/mol. The summed E-state index contributed by atoms with van der Waals surface area (Å²) in [6.45, 7) is 7.34. The van der Waals surface area contributed by atoms with E-state index in [1.807, 2.05) is 31.2 Å². The predicted molar refractivity (Wildman–Crippen MR) is 71.4 cm³/mol. The van der Waals surface area contributed by atoms with Crippen molar-refractivity contribution in [1.29, 1.82) is 0 Å². The van der Waals surface area contributed by atoms with Crippen LogP contribution in [-0.4, -0.2) is 18.3 Å². The maximum Gasteiger partial charge on any atom is 0.0652 e. The molecule has 0 spiro atoms. The number of nitrogens with one attached hydrogen (secondary N) is 1. The minimum atomic E-state index is -0.356. The zero-order chi connectivity index (χ0) is 12.2. The van der Waals surface area contributed by atoms with Gasteiger partial charge in [-0.3, -0.25) is 0 Å². The number of aliphatic hydroxyl groups is 1. The molecule has 0 saturated heterocycles. The van der Waals surface area contributed by atoms with Crippen molar-refractivity contribution in [2.24, 2.45) is 5.92 Å². The predicted octanol–water partition coefficient (Wildman–Crippen LogP) is 2.90. The van der Waals surface area contributed by atoms with E-state index in [-0.39, 0.29) is 12.1 Å². The molecule has 1 aromatic carbocycles. The van der Waals surface area contributed by atoms with E-state index >= 15 is 0 Å². The number of aliphatic hydroxyl groups excluding tert-OH is 1. The van der Waals surface area contributed by atoms with E-state index < -0.39 is 0 Å². The van der Waals surface area contributed by atoms with E-state index in [0.29, 0.717) is 5.92 Å². The second kappa shape index (κ2) is 5.80. The van der Waals surface area contributed by atoms with Gasteiger partial charge in [0.25, 0.3) is 0 Å². The highest BCUT2D eigenvalue weighted by molar-refractivity contribution is 9.10. The van der Waals surface area contributed by atoms with Crippen molar-refractivity contribution in [2.45, 2.75) is 26.3 Å². The lowest BCUT2D eigenvalue weighted by molar-refractivity contribution is 0.171. The fraction of sp³-hybridized carbons (Fsp3) is 0.538. The fourth-order valence-corrected chi connectivity index (χ4v) is 1.76. The third kappa shape index (κ3) is 3.58. The molecule has 2 nitrogen and oxygen atoms in total. The van der Waals surface area contributed by atoms with Gasteiger partial charge in [-0.05, 0) is 37.1 Å². The van der Waals surface area contributed by atoms with Crippen molar-refractivity contribution in [1.82, 2.24) is 5.32 Å². The van der Waals surface area contributed by atoms with E-state index in [9.17, 15) is 5.11 Å². The lowest BCUT2D eigenvalue weighted by atomic mass is 9.92. The van der Waals surface area contributed by atoms with Crippen molar-refractivity contribution in [2.75, 3.05) is 13.2 Å². The molecule has 1 rings (SSSR count). The van der Waals surface area contributed by atoms with E-state index in [1.54, 1.807) is 0 Å². The standard InChI is InChI=1S/C13H20BrNO/c1-10(2)8-15-13(3,9-16)11-4-6-12(14)7-5-11/h4-7,10,15-16H,8-9H2,1-3H3. The molecule has 0 aromatic heterocycles. The van der Waals surface area contributed by atoms with Crippen LogP contribution in [0.5, 0.6) is 0 Å². The molecule has 0 radical (unpaired) electrons. The molecule has 0 aliphatic carbocycles. The maximum absolute atomic E-state index is 9.55. The van der Waals surface area contributed by atoms with Crippen molar-refractivity contribution < 1.29 is 5.11 Å². The number of halogens is 1. The first-order chi connectivity index (χ1) is 7.48. The molecule has 3 heteroatoms. The van der Waals surface area contributed by atoms with Crippen LogP contribution < -0.4 is 5.32 Å². The SMILES string of the molecule is CC(C)CNC(C)(CO)c1ccc(Br)cc1. The maximum atomic E-state index is 9.55. The fourth-order valence-electron chi connectivity index (χ4n) is 1.50. The van der Waals surface area contributed by atoms with Gasteiger partial charge in [0, 0.05) is 4.47 Å². The minimum Gasteiger partial charge on any atom is -0.394 e. The Hall–Kier alpha value is -0.380. The van der Waals surface area contributed by atoms with Gasteiger partial charge < -0.3 is 10.4 Å². The second-order valence-corrected chi connectivity index (χ2v) is 5.69. The summed E-state index contributed by atoms with van der Waals surface area (Å²) in [7, 11) is 0. The molecule has 1 unspecified atom stereocenters. The molecule has 0 fully saturated rings. The Labute approximate surface area is 106 Å². The van der Waals surface area contributed by atoms with Gasteiger partial charge in [0.1, 0.15) is 0 Å². The Morgan fingerprint density at radius 2 is 1.88 bits per heavy atom. The summed E-state index contributed by atoms with van der Waals surface area (Å²) in [5, 5.41) is 13.0. The molecule has 0 amide bonds. The van der Waals surface area contributed by atoms with Crippen LogP contribution in [-0.2, 0) is 5.54 Å². The van der Waals surface area contributed by atoms with Crippen molar-refractivity contribution in [3.8, 4) is 0 Å². The average Bonchev–Trinajstić information content (AvgIpc) is 2.27. The minimum absolute atomic E-state index is 0.0986. The van der Waals surface area contributed by atoms with Crippen LogP contribution in [0.15, 0.2) is 28.7 Å². The van der Waals surface area contributed by atoms with Crippen LogP contribution in [0.4, 0.5) is 0 Å². The van der Waals surface area contributed by atoms with Crippen molar-refractivity contribution in [3.63, 3.8) is 0 Å². The summed E-state index contributed by atoms with van der Waals surface area (Å²) in [4.78, 5) is 0. The Bertz CT molecular complexity index is 323. The number of benzene rings is 1. The topological polar surface area (TPSA) is 32.3 Å². The Balaban J connectivity index is 2.82. The van der Waals surface area contributed by atoms with Gasteiger partial charge in [-0.1, -0.05) is 41.9 Å². The van der Waals surface area contributed by atoms with Crippen LogP contribution in [0.1, 0.15) is 26.3 Å². The average molecular weight is 286 g/mol. The molecular formula is C13H20BrNO. The number of rotatable bonds is 5. The summed E-state index contributed by atoms with van der Waals surface area (Å²) < 4.78 is 1.06. The highest BCUT2D eigenvalue weighted by Gasteiger charge is 2.24. The van der Waals surface area contributed by atoms with Crippen LogP contribution in [0.3, 0.4) is 0 Å². The van der Waals surface area contributed by atoms with Gasteiger partial charge in [-0.15, -0.1) is 0 Å². The summed E-state index contributed by atoms with van der Waals surface area (Å²) in [5.41, 5.74) is 0.754. The van der Waals surface area contributed by atoms with Crippen LogP contribution in [0, 0.1) is 5.92 Å². The van der Waals surface area contributed by atoms with Crippen LogP contribution in [0.2, 0.25) is 0 Å². The zero-order valence-corrected chi connectivity index (χ0v) is 11.7. The summed E-state index contributed by atoms with van der Waals surface area (Å²) in [6, 6.07) is 8.07. The van der Waals surface area contributed by atoms with Crippen LogP contribution in [0.25, 0.3) is 0 Å². The number of hydrogen-bond donors (Lipinski definition) is 2. The Morgan fingerprint density at radius 3 is 2.31 bits per heavy atom. The van der Waals surface area contributed by atoms with Gasteiger partial charge in [0.15, 0.2) is 0 Å². The van der Waals surface area contributed by atoms with Gasteiger partial charge in [0.05, 0.1) is 12.1 Å². The summed E-state index contributed by atoms with van der Waals surface area (Å²) in [6.07, 6.45) is 0. The first-order valence-corrected chi connectivity index (χ1v) is 6.39. The smallest absolute Gasteiger partial charge is 0.0652 e. The van der Waals surface area contributed by atoms with E-state index in [2.05, 4.69) is 35.1 Å². The third-order valence-corrected chi connectivity index (χ3v) is 3.23. The molecule has 0 heterocycles. The zero-order valence-electron chi connectivity index (χ0n) is 10.1. The highest BCUT2D eigenvalue weighted by atomic mass is 79.9. The molecule has 0 aliphatic heterocycles. The molecule has 90 valence electrons. The van der Waals surface area contributed by atoms with Gasteiger partial charge >= 0.3 is 0 Å². The lowest BCUT2D eigenvalue weighted by Gasteiger charge is -2.30. The summed E-state index contributed by atoms with van der Waals surface area (Å²) in [5.74, 6) is 0.571. The van der Waals surface area contributed by atoms with Crippen LogP contribution >= 0.6 is 15.9 Å². The molecule has 1 aromatic rings. The van der Waals surface area contributed by atoms with E-state index in [1.165, 1.54) is 0 Å². The molecule has 0 bridgehead atoms. The molecular weight excluding hydrogens is 266 g/mol. The summed E-state index contributed by atoms with van der Waals surface area (Å²) >= 11 is 3.41. The lowest BCUT2D eigenvalue weighted by Crippen LogP contribution is -2.44. The van der Waals surface area contributed by atoms with Crippen molar-refractivity contribution in [3.05, 3.63) is 34.3 Å². The number of hydrogen-bond acceptors (Lipinski definition) is 2. The van der Waals surface area contributed by atoms with Crippen molar-refractivity contribution >= 4 is 15.9 Å². The van der Waals surface area contributed by atoms with E-state index in [4.69, 9.17) is 0 Å². The highest BCUT2D eigenvalue weighted by Crippen LogP contribution is 2.22. The van der Waals surface area contributed by atoms with E-state index in [0.717, 1.165) is 16.6 Å². The third-order valence-electron chi connectivity index (χ3n) is 2.70. The van der Waals surface area contributed by atoms with Gasteiger partial charge in [-0.25, -0.2) is 0 Å². The Kier molecular flexibility index (Phi) is 4.96. The largest absolute Gasteiger partial charge is 0.394 e. The quantitative estimate of drug-likeness (QED) is 0.872. The Morgan fingerprint density at radius 1 is 1.31 bits per heavy atom. The molecule has 2 N–H and O–H groups in total. The molecule has 1 atom stereocenters. The first kappa shape index (κ1) is 13.7. The molecule has 0 saturated carbocycles. The second-order valence-electron chi connectivity index (χ2n) is 4.77.